The van der Waals surface area contributed by atoms with Crippen LogP contribution in [0.15, 0.2) is 24.3 Å². The fourth-order valence-corrected chi connectivity index (χ4v) is 2.21. The number of ether oxygens (including phenoxy) is 1. The van der Waals surface area contributed by atoms with E-state index < -0.39 is 5.54 Å². The quantitative estimate of drug-likeness (QED) is 0.870. The van der Waals surface area contributed by atoms with Gasteiger partial charge in [-0.3, -0.25) is 9.69 Å². The minimum Gasteiger partial charge on any atom is -0.447 e. The molecule has 2 rings (SSSR count). The summed E-state index contributed by atoms with van der Waals surface area (Å²) in [5.74, 6) is -0.214. The largest absolute Gasteiger partial charge is 0.447 e. The zero-order chi connectivity index (χ0) is 15.5. The van der Waals surface area contributed by atoms with Crippen LogP contribution in [0.5, 0.6) is 0 Å². The lowest BCUT2D eigenvalue weighted by molar-refractivity contribution is -0.121. The molecule has 3 N–H and O–H groups in total. The first-order chi connectivity index (χ1) is 10.00. The summed E-state index contributed by atoms with van der Waals surface area (Å²) in [5.41, 5.74) is 6.52. The van der Waals surface area contributed by atoms with Crippen molar-refractivity contribution < 1.29 is 14.3 Å². The second-order valence-corrected chi connectivity index (χ2v) is 5.13. The topological polar surface area (TPSA) is 84.7 Å². The fraction of sp³-hybridized carbons (Fsp3) is 0.467. The van der Waals surface area contributed by atoms with Gasteiger partial charge >= 0.3 is 6.09 Å². The van der Waals surface area contributed by atoms with Crippen LogP contribution in [0, 0.1) is 0 Å². The van der Waals surface area contributed by atoms with E-state index in [-0.39, 0.29) is 12.0 Å². The van der Waals surface area contributed by atoms with Crippen molar-refractivity contribution in [3.05, 3.63) is 24.3 Å². The standard InChI is InChI=1S/C15H21N3O3/c1-3-15(16,4-2)13(19)17-11-6-5-7-12(10-11)18-8-9-21-14(18)20/h5-7,10H,3-4,8-9,16H2,1-2H3,(H,17,19). The van der Waals surface area contributed by atoms with Crippen LogP contribution in [0.2, 0.25) is 0 Å². The molecule has 1 saturated heterocycles. The number of carbonyl (C=O) groups is 2. The van der Waals surface area contributed by atoms with E-state index in [4.69, 9.17) is 10.5 Å². The smallest absolute Gasteiger partial charge is 0.414 e. The third-order valence-electron chi connectivity index (χ3n) is 3.89. The molecule has 1 aromatic rings. The molecule has 6 nitrogen and oxygen atoms in total. The molecule has 0 spiro atoms. The minimum absolute atomic E-state index is 0.214. The molecule has 0 unspecified atom stereocenters. The first kappa shape index (κ1) is 15.3. The third kappa shape index (κ3) is 3.16. The van der Waals surface area contributed by atoms with Crippen molar-refractivity contribution in [2.24, 2.45) is 5.73 Å². The average Bonchev–Trinajstić information content (AvgIpc) is 2.92. The van der Waals surface area contributed by atoms with E-state index >= 15 is 0 Å². The Morgan fingerprint density at radius 3 is 2.71 bits per heavy atom. The number of hydrogen-bond donors (Lipinski definition) is 2. The molecule has 1 fully saturated rings. The second kappa shape index (κ2) is 6.13. The molecular weight excluding hydrogens is 270 g/mol. The maximum atomic E-state index is 12.3. The fourth-order valence-electron chi connectivity index (χ4n) is 2.21. The molecule has 1 aliphatic heterocycles. The van der Waals surface area contributed by atoms with Gasteiger partial charge in [0.2, 0.25) is 5.91 Å². The molecule has 2 amide bonds. The summed E-state index contributed by atoms with van der Waals surface area (Å²) >= 11 is 0. The molecule has 114 valence electrons. The molecule has 1 heterocycles. The van der Waals surface area contributed by atoms with Crippen molar-refractivity contribution in [3.63, 3.8) is 0 Å². The van der Waals surface area contributed by atoms with Crippen LogP contribution in [0.3, 0.4) is 0 Å². The van der Waals surface area contributed by atoms with Crippen LogP contribution in [-0.4, -0.2) is 30.7 Å². The number of rotatable bonds is 5. The van der Waals surface area contributed by atoms with Crippen molar-refractivity contribution in [2.45, 2.75) is 32.2 Å². The van der Waals surface area contributed by atoms with Gasteiger partial charge in [0.05, 0.1) is 12.1 Å². The normalized spacial score (nSPS) is 15.0. The highest BCUT2D eigenvalue weighted by molar-refractivity contribution is 5.98. The molecule has 1 aliphatic rings. The highest BCUT2D eigenvalue weighted by Gasteiger charge is 2.30. The molecule has 0 radical (unpaired) electrons. The van der Waals surface area contributed by atoms with Gasteiger partial charge in [0.1, 0.15) is 6.61 Å². The molecule has 6 heteroatoms. The summed E-state index contributed by atoms with van der Waals surface area (Å²) in [7, 11) is 0. The number of hydrogen-bond acceptors (Lipinski definition) is 4. The van der Waals surface area contributed by atoms with E-state index in [1.54, 1.807) is 24.3 Å². The van der Waals surface area contributed by atoms with Crippen LogP contribution in [0.4, 0.5) is 16.2 Å². The number of carbonyl (C=O) groups excluding carboxylic acids is 2. The van der Waals surface area contributed by atoms with E-state index in [1.165, 1.54) is 4.90 Å². The number of anilines is 2. The van der Waals surface area contributed by atoms with Crippen LogP contribution in [0.1, 0.15) is 26.7 Å². The summed E-state index contributed by atoms with van der Waals surface area (Å²) in [6, 6.07) is 7.11. The highest BCUT2D eigenvalue weighted by atomic mass is 16.6. The second-order valence-electron chi connectivity index (χ2n) is 5.13. The highest BCUT2D eigenvalue weighted by Crippen LogP contribution is 2.23. The zero-order valence-corrected chi connectivity index (χ0v) is 12.4. The third-order valence-corrected chi connectivity index (χ3v) is 3.89. The number of cyclic esters (lactones) is 1. The van der Waals surface area contributed by atoms with Gasteiger partial charge in [0, 0.05) is 11.4 Å². The van der Waals surface area contributed by atoms with Crippen molar-refractivity contribution in [1.29, 1.82) is 0 Å². The Morgan fingerprint density at radius 2 is 2.14 bits per heavy atom. The average molecular weight is 291 g/mol. The van der Waals surface area contributed by atoms with Crippen molar-refractivity contribution in [2.75, 3.05) is 23.4 Å². The molecule has 0 atom stereocenters. The van der Waals surface area contributed by atoms with Crippen LogP contribution >= 0.6 is 0 Å². The van der Waals surface area contributed by atoms with Gasteiger partial charge in [-0.2, -0.15) is 0 Å². The SMILES string of the molecule is CCC(N)(CC)C(=O)Nc1cccc(N2CCOC2=O)c1. The molecule has 21 heavy (non-hydrogen) atoms. The van der Waals surface area contributed by atoms with Crippen molar-refractivity contribution in [3.8, 4) is 0 Å². The lowest BCUT2D eigenvalue weighted by Gasteiger charge is -2.25. The number of benzene rings is 1. The molecule has 1 aromatic carbocycles. The maximum Gasteiger partial charge on any atom is 0.414 e. The van der Waals surface area contributed by atoms with Crippen LogP contribution in [-0.2, 0) is 9.53 Å². The van der Waals surface area contributed by atoms with Gasteiger partial charge in [-0.15, -0.1) is 0 Å². The summed E-state index contributed by atoms with van der Waals surface area (Å²) in [4.78, 5) is 25.3. The van der Waals surface area contributed by atoms with E-state index in [0.29, 0.717) is 37.4 Å². The van der Waals surface area contributed by atoms with Gasteiger partial charge in [-0.25, -0.2) is 4.79 Å². The van der Waals surface area contributed by atoms with Crippen molar-refractivity contribution in [1.82, 2.24) is 0 Å². The van der Waals surface area contributed by atoms with E-state index in [0.717, 1.165) is 0 Å². The Labute approximate surface area is 124 Å². The lowest BCUT2D eigenvalue weighted by Crippen LogP contribution is -2.50. The van der Waals surface area contributed by atoms with Crippen molar-refractivity contribution >= 4 is 23.4 Å². The number of nitrogens with two attached hydrogens (primary N) is 1. The van der Waals surface area contributed by atoms with Crippen LogP contribution in [0.25, 0.3) is 0 Å². The molecule has 0 saturated carbocycles. The number of amides is 2. The summed E-state index contributed by atoms with van der Waals surface area (Å²) in [5, 5.41) is 2.82. The van der Waals surface area contributed by atoms with E-state index in [9.17, 15) is 9.59 Å². The first-order valence-corrected chi connectivity index (χ1v) is 7.15. The monoisotopic (exact) mass is 291 g/mol. The predicted octanol–water partition coefficient (Wildman–Crippen LogP) is 2.10. The van der Waals surface area contributed by atoms with Gasteiger partial charge in [0.25, 0.3) is 0 Å². The minimum atomic E-state index is -0.872. The maximum absolute atomic E-state index is 12.3. The predicted molar refractivity (Wildman–Crippen MR) is 81.3 cm³/mol. The summed E-state index contributed by atoms with van der Waals surface area (Å²) < 4.78 is 4.91. The van der Waals surface area contributed by atoms with Gasteiger partial charge in [0.15, 0.2) is 0 Å². The lowest BCUT2D eigenvalue weighted by atomic mass is 9.93. The summed E-state index contributed by atoms with van der Waals surface area (Å²) in [6.45, 7) is 4.67. The van der Waals surface area contributed by atoms with E-state index in [1.807, 2.05) is 13.8 Å². The number of nitrogens with one attached hydrogen (secondary N) is 1. The molecule has 0 aromatic heterocycles. The van der Waals surface area contributed by atoms with Gasteiger partial charge in [-0.05, 0) is 31.0 Å². The Kier molecular flexibility index (Phi) is 4.47. The molecule has 0 bridgehead atoms. The molecule has 0 aliphatic carbocycles. The van der Waals surface area contributed by atoms with E-state index in [2.05, 4.69) is 5.32 Å². The Bertz CT molecular complexity index is 541. The summed E-state index contributed by atoms with van der Waals surface area (Å²) in [6.07, 6.45) is 0.759. The van der Waals surface area contributed by atoms with Crippen LogP contribution < -0.4 is 16.0 Å². The first-order valence-electron chi connectivity index (χ1n) is 7.15. The van der Waals surface area contributed by atoms with Gasteiger partial charge in [-0.1, -0.05) is 19.9 Å². The Balaban J connectivity index is 2.15. The zero-order valence-electron chi connectivity index (χ0n) is 12.4. The van der Waals surface area contributed by atoms with Gasteiger partial charge < -0.3 is 15.8 Å². The number of nitrogens with zero attached hydrogens (tertiary/aromatic N) is 1. The Morgan fingerprint density at radius 1 is 1.43 bits per heavy atom. The molecular formula is C15H21N3O3. The Hall–Kier alpha value is -2.08.